The summed E-state index contributed by atoms with van der Waals surface area (Å²) < 4.78 is 0. The van der Waals surface area contributed by atoms with Gasteiger partial charge in [0.15, 0.2) is 0 Å². The molecule has 15 heavy (non-hydrogen) atoms. The zero-order chi connectivity index (χ0) is 11.0. The van der Waals surface area contributed by atoms with Gasteiger partial charge in [0.1, 0.15) is 6.17 Å². The van der Waals surface area contributed by atoms with Crippen LogP contribution in [0.25, 0.3) is 0 Å². The molecule has 1 heterocycles. The second kappa shape index (κ2) is 4.40. The lowest BCUT2D eigenvalue weighted by atomic mass is 9.72. The molecule has 0 amide bonds. The van der Waals surface area contributed by atoms with Crippen LogP contribution in [0.3, 0.4) is 0 Å². The molecule has 0 bridgehead atoms. The molecule has 0 radical (unpaired) electrons. The largest absolute Gasteiger partial charge is 0.328 e. The first-order valence-corrected chi connectivity index (χ1v) is 6.38. The Labute approximate surface area is 93.4 Å². The summed E-state index contributed by atoms with van der Waals surface area (Å²) in [5.41, 5.74) is 6.41. The lowest BCUT2D eigenvalue weighted by Gasteiger charge is -2.46. The third kappa shape index (κ3) is 2.05. The number of hydrogen-bond acceptors (Lipinski definition) is 2. The maximum absolute atomic E-state index is 6.41. The van der Waals surface area contributed by atoms with Gasteiger partial charge in [-0.05, 0) is 33.4 Å². The number of nitrogens with two attached hydrogens (primary N) is 2. The van der Waals surface area contributed by atoms with E-state index in [2.05, 4.69) is 31.2 Å². The highest BCUT2D eigenvalue weighted by molar-refractivity contribution is 4.90. The van der Waals surface area contributed by atoms with Gasteiger partial charge in [-0.25, -0.2) is 0 Å². The number of fused-ring (bicyclic) bond motifs is 1. The van der Waals surface area contributed by atoms with Crippen molar-refractivity contribution in [3.8, 4) is 0 Å². The van der Waals surface area contributed by atoms with E-state index >= 15 is 0 Å². The topological polar surface area (TPSA) is 45.9 Å². The van der Waals surface area contributed by atoms with Crippen molar-refractivity contribution in [1.29, 1.82) is 0 Å². The zero-order valence-electron chi connectivity index (χ0n) is 10.3. The Kier molecular flexibility index (Phi) is 3.33. The summed E-state index contributed by atoms with van der Waals surface area (Å²) in [6, 6.07) is 1.20. The van der Waals surface area contributed by atoms with E-state index in [1.807, 2.05) is 0 Å². The first-order valence-electron chi connectivity index (χ1n) is 6.38. The van der Waals surface area contributed by atoms with Gasteiger partial charge >= 0.3 is 0 Å². The zero-order valence-corrected chi connectivity index (χ0v) is 10.3. The number of quaternary nitrogens is 1. The number of nitrogens with zero attached hydrogens (tertiary/aromatic N) is 1. The standard InChI is InChI=1S/C12H25N3/c1-8-11(13)9-6-4-5-7-10(9)14-12(8)15(2)3/h8-12,14H,4-7,13H2,1-3H3/p+1. The minimum absolute atomic E-state index is 0.410. The van der Waals surface area contributed by atoms with Crippen LogP contribution in [-0.4, -0.2) is 37.2 Å². The Morgan fingerprint density at radius 3 is 2.53 bits per heavy atom. The summed E-state index contributed by atoms with van der Waals surface area (Å²) >= 11 is 0. The first kappa shape index (κ1) is 11.4. The van der Waals surface area contributed by atoms with Crippen LogP contribution in [0.15, 0.2) is 0 Å². The van der Waals surface area contributed by atoms with Crippen molar-refractivity contribution in [2.45, 2.75) is 50.9 Å². The molecule has 1 aliphatic heterocycles. The fourth-order valence-corrected chi connectivity index (χ4v) is 3.59. The SMILES string of the molecule is CC1C(N)C2CCCCC2[NH2+]C1N(C)C. The van der Waals surface area contributed by atoms with Crippen molar-refractivity contribution >= 4 is 0 Å². The highest BCUT2D eigenvalue weighted by atomic mass is 15.3. The Morgan fingerprint density at radius 1 is 1.20 bits per heavy atom. The summed E-state index contributed by atoms with van der Waals surface area (Å²) in [5, 5.41) is 2.58. The van der Waals surface area contributed by atoms with E-state index in [4.69, 9.17) is 5.73 Å². The molecule has 5 atom stereocenters. The van der Waals surface area contributed by atoms with Crippen molar-refractivity contribution < 1.29 is 5.32 Å². The van der Waals surface area contributed by atoms with Gasteiger partial charge in [0.2, 0.25) is 0 Å². The number of piperidine rings is 1. The molecule has 88 valence electrons. The second-order valence-electron chi connectivity index (χ2n) is 5.70. The Hall–Kier alpha value is -0.120. The van der Waals surface area contributed by atoms with Crippen molar-refractivity contribution in [3.63, 3.8) is 0 Å². The first-order chi connectivity index (χ1) is 7.11. The predicted molar refractivity (Wildman–Crippen MR) is 62.3 cm³/mol. The Balaban J connectivity index is 2.09. The molecule has 2 fully saturated rings. The molecule has 1 saturated heterocycles. The molecule has 3 heteroatoms. The quantitative estimate of drug-likeness (QED) is 0.641. The maximum atomic E-state index is 6.41. The smallest absolute Gasteiger partial charge is 0.146 e. The van der Waals surface area contributed by atoms with Crippen molar-refractivity contribution in [3.05, 3.63) is 0 Å². The van der Waals surface area contributed by atoms with Crippen LogP contribution in [0.2, 0.25) is 0 Å². The van der Waals surface area contributed by atoms with E-state index in [9.17, 15) is 0 Å². The van der Waals surface area contributed by atoms with Gasteiger partial charge in [-0.1, -0.05) is 13.3 Å². The maximum Gasteiger partial charge on any atom is 0.146 e. The van der Waals surface area contributed by atoms with Crippen LogP contribution in [0.4, 0.5) is 0 Å². The summed E-state index contributed by atoms with van der Waals surface area (Å²) in [6.07, 6.45) is 6.10. The summed E-state index contributed by atoms with van der Waals surface area (Å²) in [7, 11) is 4.35. The fourth-order valence-electron chi connectivity index (χ4n) is 3.59. The van der Waals surface area contributed by atoms with E-state index < -0.39 is 0 Å². The monoisotopic (exact) mass is 212 g/mol. The van der Waals surface area contributed by atoms with Crippen LogP contribution in [-0.2, 0) is 0 Å². The minimum atomic E-state index is 0.410. The third-order valence-electron chi connectivity index (χ3n) is 4.56. The van der Waals surface area contributed by atoms with Crippen LogP contribution < -0.4 is 11.1 Å². The minimum Gasteiger partial charge on any atom is -0.328 e. The van der Waals surface area contributed by atoms with E-state index in [-0.39, 0.29) is 0 Å². The van der Waals surface area contributed by atoms with Crippen LogP contribution in [0, 0.1) is 11.8 Å². The van der Waals surface area contributed by atoms with Crippen molar-refractivity contribution in [2.75, 3.05) is 14.1 Å². The van der Waals surface area contributed by atoms with Crippen molar-refractivity contribution in [1.82, 2.24) is 4.90 Å². The molecule has 1 aliphatic carbocycles. The average molecular weight is 212 g/mol. The van der Waals surface area contributed by atoms with E-state index in [0.717, 1.165) is 12.0 Å². The van der Waals surface area contributed by atoms with E-state index in [0.29, 0.717) is 18.1 Å². The molecule has 0 aromatic heterocycles. The molecule has 0 aromatic rings. The fraction of sp³-hybridized carbons (Fsp3) is 1.00. The molecule has 2 aliphatic rings. The molecule has 2 rings (SSSR count). The van der Waals surface area contributed by atoms with Gasteiger partial charge in [-0.3, -0.25) is 4.90 Å². The number of rotatable bonds is 1. The van der Waals surface area contributed by atoms with Crippen LogP contribution >= 0.6 is 0 Å². The van der Waals surface area contributed by atoms with E-state index in [1.54, 1.807) is 0 Å². The molecule has 3 nitrogen and oxygen atoms in total. The molecular formula is C12H26N3+. The molecular weight excluding hydrogens is 186 g/mol. The second-order valence-corrected chi connectivity index (χ2v) is 5.70. The van der Waals surface area contributed by atoms with Gasteiger partial charge in [-0.2, -0.15) is 0 Å². The lowest BCUT2D eigenvalue weighted by molar-refractivity contribution is -0.762. The predicted octanol–water partition coefficient (Wildman–Crippen LogP) is -0.0267. The van der Waals surface area contributed by atoms with Crippen molar-refractivity contribution in [2.24, 2.45) is 17.6 Å². The molecule has 1 saturated carbocycles. The molecule has 0 aromatic carbocycles. The Bertz CT molecular complexity index is 215. The lowest BCUT2D eigenvalue weighted by Crippen LogP contribution is -3.03. The highest BCUT2D eigenvalue weighted by Crippen LogP contribution is 2.31. The number of hydrogen-bond donors (Lipinski definition) is 2. The van der Waals surface area contributed by atoms with Crippen LogP contribution in [0.1, 0.15) is 32.6 Å². The normalized spacial score (nSPS) is 46.6. The van der Waals surface area contributed by atoms with Crippen LogP contribution in [0.5, 0.6) is 0 Å². The Morgan fingerprint density at radius 2 is 1.87 bits per heavy atom. The molecule has 4 N–H and O–H groups in total. The summed E-state index contributed by atoms with van der Waals surface area (Å²) in [4.78, 5) is 2.33. The summed E-state index contributed by atoms with van der Waals surface area (Å²) in [5.74, 6) is 1.38. The average Bonchev–Trinajstić information content (AvgIpc) is 2.23. The van der Waals surface area contributed by atoms with Gasteiger partial charge in [0.05, 0.1) is 6.04 Å². The molecule has 0 spiro atoms. The van der Waals surface area contributed by atoms with Gasteiger partial charge in [0, 0.05) is 17.9 Å². The van der Waals surface area contributed by atoms with Gasteiger partial charge in [0.25, 0.3) is 0 Å². The third-order valence-corrected chi connectivity index (χ3v) is 4.56. The highest BCUT2D eigenvalue weighted by Gasteiger charge is 2.45. The van der Waals surface area contributed by atoms with E-state index in [1.165, 1.54) is 25.7 Å². The van der Waals surface area contributed by atoms with Gasteiger partial charge < -0.3 is 11.1 Å². The molecule has 5 unspecified atom stereocenters. The van der Waals surface area contributed by atoms with Gasteiger partial charge in [-0.15, -0.1) is 0 Å². The summed E-state index contributed by atoms with van der Waals surface area (Å²) in [6.45, 7) is 2.32.